The Hall–Kier alpha value is -7.68. The van der Waals surface area contributed by atoms with E-state index >= 15 is 0 Å². The first-order valence-electron chi connectivity index (χ1n) is 19.8. The lowest BCUT2D eigenvalue weighted by Crippen LogP contribution is -2.11. The average molecular weight is 740 g/mol. The predicted molar refractivity (Wildman–Crippen MR) is 245 cm³/mol. The Labute approximate surface area is 337 Å². The summed E-state index contributed by atoms with van der Waals surface area (Å²) >= 11 is 0. The number of hydrogen-bond donors (Lipinski definition) is 0. The highest BCUT2D eigenvalue weighted by Gasteiger charge is 2.22. The van der Waals surface area contributed by atoms with Crippen molar-refractivity contribution in [3.05, 3.63) is 224 Å². The van der Waals surface area contributed by atoms with E-state index in [1.54, 1.807) is 0 Å². The Morgan fingerprint density at radius 1 is 0.276 bits per heavy atom. The van der Waals surface area contributed by atoms with Crippen LogP contribution in [0, 0.1) is 0 Å². The fourth-order valence-electron chi connectivity index (χ4n) is 8.63. The molecule has 11 rings (SSSR count). The van der Waals surface area contributed by atoms with Crippen molar-refractivity contribution in [3.8, 4) is 44.5 Å². The lowest BCUT2D eigenvalue weighted by molar-refractivity contribution is 0.674. The van der Waals surface area contributed by atoms with Gasteiger partial charge in [0.2, 0.25) is 0 Å². The summed E-state index contributed by atoms with van der Waals surface area (Å²) in [6, 6.07) is 80.6. The van der Waals surface area contributed by atoms with Crippen molar-refractivity contribution >= 4 is 60.5 Å². The lowest BCUT2D eigenvalue weighted by Gasteiger charge is -2.29. The van der Waals surface area contributed by atoms with Crippen molar-refractivity contribution in [2.45, 2.75) is 0 Å². The SMILES string of the molecule is c1ccc(-c2ccc(N(c3ccc(-c4ccc5ccccc5c4)cc3)c3ccccc3-c3cccc4c3oc3c5ccccc5ccc43)cc2-c2ccccc2)cc1. The van der Waals surface area contributed by atoms with Crippen molar-refractivity contribution in [2.24, 2.45) is 0 Å². The zero-order valence-corrected chi connectivity index (χ0v) is 31.7. The van der Waals surface area contributed by atoms with Gasteiger partial charge < -0.3 is 9.32 Å². The molecule has 0 atom stereocenters. The number of nitrogens with zero attached hydrogens (tertiary/aromatic N) is 1. The number of rotatable bonds is 7. The van der Waals surface area contributed by atoms with Crippen LogP contribution in [0.25, 0.3) is 88.0 Å². The summed E-state index contributed by atoms with van der Waals surface area (Å²) in [6.07, 6.45) is 0. The number of benzene rings is 10. The quantitative estimate of drug-likeness (QED) is 0.162. The van der Waals surface area contributed by atoms with Crippen LogP contribution in [0.15, 0.2) is 229 Å². The summed E-state index contributed by atoms with van der Waals surface area (Å²) in [7, 11) is 0. The van der Waals surface area contributed by atoms with Crippen molar-refractivity contribution < 1.29 is 4.42 Å². The summed E-state index contributed by atoms with van der Waals surface area (Å²) in [4.78, 5) is 2.40. The summed E-state index contributed by atoms with van der Waals surface area (Å²) in [5, 5.41) is 7.00. The molecule has 2 heteroatoms. The summed E-state index contributed by atoms with van der Waals surface area (Å²) in [5.74, 6) is 0. The maximum atomic E-state index is 6.92. The van der Waals surface area contributed by atoms with Crippen molar-refractivity contribution in [3.63, 3.8) is 0 Å². The van der Waals surface area contributed by atoms with Gasteiger partial charge in [-0.15, -0.1) is 0 Å². The Morgan fingerprint density at radius 2 is 0.862 bits per heavy atom. The maximum Gasteiger partial charge on any atom is 0.143 e. The van der Waals surface area contributed by atoms with E-state index in [1.807, 2.05) is 0 Å². The van der Waals surface area contributed by atoms with E-state index in [9.17, 15) is 0 Å². The molecule has 0 spiro atoms. The average Bonchev–Trinajstić information content (AvgIpc) is 3.70. The molecule has 0 aliphatic heterocycles. The molecule has 272 valence electrons. The molecule has 10 aromatic carbocycles. The standard InChI is InChI=1S/C56H37NO/c1-3-15-40(16-4-1)47-35-33-46(37-53(47)41-17-5-2-6-18-41)57(45-31-28-39(29-32-45)44-27-26-38-14-7-8-20-43(38)36-44)54-25-12-11-22-49(54)50-23-13-24-51-52-34-30-42-19-9-10-21-48(42)55(52)58-56(50)51/h1-37H. The van der Waals surface area contributed by atoms with Crippen LogP contribution >= 0.6 is 0 Å². The molecule has 58 heavy (non-hydrogen) atoms. The van der Waals surface area contributed by atoms with Gasteiger partial charge in [0.05, 0.1) is 5.69 Å². The van der Waals surface area contributed by atoms with E-state index in [1.165, 1.54) is 49.5 Å². The normalized spacial score (nSPS) is 11.4. The molecule has 0 aliphatic carbocycles. The largest absolute Gasteiger partial charge is 0.455 e. The number of hydrogen-bond acceptors (Lipinski definition) is 2. The summed E-state index contributed by atoms with van der Waals surface area (Å²) in [6.45, 7) is 0. The van der Waals surface area contributed by atoms with E-state index in [2.05, 4.69) is 229 Å². The van der Waals surface area contributed by atoms with Gasteiger partial charge in [-0.05, 0) is 92.0 Å². The number of para-hydroxylation sites is 2. The third-order valence-corrected chi connectivity index (χ3v) is 11.5. The first-order valence-corrected chi connectivity index (χ1v) is 19.8. The second kappa shape index (κ2) is 14.1. The third kappa shape index (κ3) is 5.82. The number of furan rings is 1. The van der Waals surface area contributed by atoms with E-state index in [0.717, 1.165) is 55.5 Å². The van der Waals surface area contributed by atoms with Gasteiger partial charge in [-0.1, -0.05) is 182 Å². The van der Waals surface area contributed by atoms with Crippen LogP contribution in [-0.4, -0.2) is 0 Å². The topological polar surface area (TPSA) is 16.4 Å². The van der Waals surface area contributed by atoms with Gasteiger partial charge in [0.1, 0.15) is 11.2 Å². The van der Waals surface area contributed by atoms with Crippen molar-refractivity contribution in [2.75, 3.05) is 4.90 Å². The molecule has 0 saturated carbocycles. The Morgan fingerprint density at radius 3 is 1.67 bits per heavy atom. The van der Waals surface area contributed by atoms with Crippen LogP contribution in [0.2, 0.25) is 0 Å². The Balaban J connectivity index is 1.12. The molecule has 1 heterocycles. The van der Waals surface area contributed by atoms with Gasteiger partial charge in [0.25, 0.3) is 0 Å². The Kier molecular flexibility index (Phi) is 8.19. The third-order valence-electron chi connectivity index (χ3n) is 11.5. The van der Waals surface area contributed by atoms with E-state index < -0.39 is 0 Å². The molecule has 11 aromatic rings. The molecule has 0 saturated heterocycles. The fourth-order valence-corrected chi connectivity index (χ4v) is 8.63. The highest BCUT2D eigenvalue weighted by Crippen LogP contribution is 2.47. The van der Waals surface area contributed by atoms with Crippen molar-refractivity contribution in [1.82, 2.24) is 0 Å². The molecular formula is C56H37NO. The van der Waals surface area contributed by atoms with Gasteiger partial charge in [-0.3, -0.25) is 0 Å². The minimum Gasteiger partial charge on any atom is -0.455 e. The van der Waals surface area contributed by atoms with Gasteiger partial charge in [-0.25, -0.2) is 0 Å². The number of anilines is 3. The molecule has 0 fully saturated rings. The first kappa shape index (κ1) is 33.6. The van der Waals surface area contributed by atoms with Gasteiger partial charge in [-0.2, -0.15) is 0 Å². The smallest absolute Gasteiger partial charge is 0.143 e. The Bertz CT molecular complexity index is 3270. The monoisotopic (exact) mass is 739 g/mol. The van der Waals surface area contributed by atoms with Gasteiger partial charge >= 0.3 is 0 Å². The highest BCUT2D eigenvalue weighted by molar-refractivity contribution is 6.17. The van der Waals surface area contributed by atoms with E-state index in [-0.39, 0.29) is 0 Å². The zero-order chi connectivity index (χ0) is 38.4. The van der Waals surface area contributed by atoms with Crippen LogP contribution in [0.1, 0.15) is 0 Å². The van der Waals surface area contributed by atoms with Crippen molar-refractivity contribution in [1.29, 1.82) is 0 Å². The van der Waals surface area contributed by atoms with Crippen LogP contribution in [0.3, 0.4) is 0 Å². The zero-order valence-electron chi connectivity index (χ0n) is 31.7. The minimum absolute atomic E-state index is 0.886. The summed E-state index contributed by atoms with van der Waals surface area (Å²) in [5.41, 5.74) is 14.2. The molecule has 2 nitrogen and oxygen atoms in total. The molecule has 0 unspecified atom stereocenters. The molecule has 0 radical (unpaired) electrons. The maximum absolute atomic E-state index is 6.92. The summed E-state index contributed by atoms with van der Waals surface area (Å²) < 4.78 is 6.92. The van der Waals surface area contributed by atoms with Crippen LogP contribution in [0.5, 0.6) is 0 Å². The fraction of sp³-hybridized carbons (Fsp3) is 0. The number of fused-ring (bicyclic) bond motifs is 6. The molecule has 0 aliphatic rings. The molecule has 1 aromatic heterocycles. The van der Waals surface area contributed by atoms with E-state index in [0.29, 0.717) is 0 Å². The molecule has 0 bridgehead atoms. The first-order chi connectivity index (χ1) is 28.8. The molecule has 0 N–H and O–H groups in total. The van der Waals surface area contributed by atoms with Crippen LogP contribution < -0.4 is 4.90 Å². The minimum atomic E-state index is 0.886. The molecule has 0 amide bonds. The lowest BCUT2D eigenvalue weighted by atomic mass is 9.93. The highest BCUT2D eigenvalue weighted by atomic mass is 16.3. The predicted octanol–water partition coefficient (Wildman–Crippen LogP) is 16.0. The van der Waals surface area contributed by atoms with Crippen LogP contribution in [-0.2, 0) is 0 Å². The second-order valence-corrected chi connectivity index (χ2v) is 14.9. The van der Waals surface area contributed by atoms with Gasteiger partial charge in [0, 0.05) is 38.7 Å². The van der Waals surface area contributed by atoms with Gasteiger partial charge in [0.15, 0.2) is 0 Å². The van der Waals surface area contributed by atoms with E-state index in [4.69, 9.17) is 4.42 Å². The molecular weight excluding hydrogens is 703 g/mol. The second-order valence-electron chi connectivity index (χ2n) is 14.9. The van der Waals surface area contributed by atoms with Crippen LogP contribution in [0.4, 0.5) is 17.1 Å².